The number of hydrogen-bond acceptors (Lipinski definition) is 6. The van der Waals surface area contributed by atoms with Crippen LogP contribution in [-0.4, -0.2) is 15.9 Å². The van der Waals surface area contributed by atoms with Crippen LogP contribution in [0.1, 0.15) is 11.1 Å². The van der Waals surface area contributed by atoms with E-state index >= 15 is 0 Å². The van der Waals surface area contributed by atoms with E-state index < -0.39 is 9.85 Å². The first-order valence-electron chi connectivity index (χ1n) is 6.55. The molecule has 0 radical (unpaired) electrons. The number of benzene rings is 2. The van der Waals surface area contributed by atoms with Gasteiger partial charge in [-0.05, 0) is 25.0 Å². The third-order valence-electron chi connectivity index (χ3n) is 3.15. The minimum absolute atomic E-state index is 0.0809. The lowest BCUT2D eigenvalue weighted by atomic mass is 10.2. The molecular weight excluding hydrogens is 300 g/mol. The maximum absolute atomic E-state index is 10.8. The van der Waals surface area contributed by atoms with Crippen molar-refractivity contribution in [2.45, 2.75) is 13.8 Å². The van der Waals surface area contributed by atoms with Crippen molar-refractivity contribution in [3.8, 4) is 0 Å². The summed E-state index contributed by atoms with van der Waals surface area (Å²) in [5.74, 6) is 0. The summed E-state index contributed by atoms with van der Waals surface area (Å²) in [7, 11) is 0. The molecule has 8 nitrogen and oxygen atoms in total. The Morgan fingerprint density at radius 2 is 1.22 bits per heavy atom. The minimum Gasteiger partial charge on any atom is -0.258 e. The van der Waals surface area contributed by atoms with Crippen LogP contribution in [0.5, 0.6) is 0 Å². The number of aryl methyl sites for hydroxylation is 2. The van der Waals surface area contributed by atoms with Gasteiger partial charge in [-0.1, -0.05) is 12.1 Å². The van der Waals surface area contributed by atoms with Crippen molar-refractivity contribution in [1.82, 2.24) is 0 Å². The smallest absolute Gasteiger partial charge is 0.258 e. The third kappa shape index (κ3) is 3.84. The first-order valence-corrected chi connectivity index (χ1v) is 6.55. The lowest BCUT2D eigenvalue weighted by Crippen LogP contribution is -1.88. The lowest BCUT2D eigenvalue weighted by molar-refractivity contribution is -0.385. The maximum Gasteiger partial charge on any atom is 0.271 e. The fourth-order valence-electron chi connectivity index (χ4n) is 1.80. The fourth-order valence-corrected chi connectivity index (χ4v) is 1.80. The summed E-state index contributed by atoms with van der Waals surface area (Å²) >= 11 is 0. The predicted molar refractivity (Wildman–Crippen MR) is 84.8 cm³/mol. The average molecular weight is 312 g/mol. The molecule has 0 aliphatic rings. The van der Waals surface area contributed by atoms with E-state index in [2.05, 4.69) is 16.0 Å². The summed E-state index contributed by atoms with van der Waals surface area (Å²) in [4.78, 5) is 28.4. The van der Waals surface area contributed by atoms with Gasteiger partial charge in [0.1, 0.15) is 6.01 Å². The van der Waals surface area contributed by atoms with Gasteiger partial charge in [0.05, 0.1) is 21.2 Å². The highest BCUT2D eigenvalue weighted by molar-refractivity contribution is 5.64. The Morgan fingerprint density at radius 3 is 1.57 bits per heavy atom. The SMILES string of the molecule is Cc1ccc([N+](=O)[O-])cc1N=C=Nc1cc([N+](=O)[O-])ccc1C. The van der Waals surface area contributed by atoms with E-state index in [0.29, 0.717) is 11.4 Å². The van der Waals surface area contributed by atoms with Crippen LogP contribution >= 0.6 is 0 Å². The molecule has 23 heavy (non-hydrogen) atoms. The van der Waals surface area contributed by atoms with Gasteiger partial charge in [0, 0.05) is 24.3 Å². The number of nitro benzene ring substituents is 2. The number of non-ortho nitro benzene ring substituents is 2. The van der Waals surface area contributed by atoms with E-state index in [4.69, 9.17) is 0 Å². The summed E-state index contributed by atoms with van der Waals surface area (Å²) in [6.45, 7) is 3.51. The lowest BCUT2D eigenvalue weighted by Gasteiger charge is -1.98. The molecule has 2 rings (SSSR count). The van der Waals surface area contributed by atoms with Gasteiger partial charge in [-0.3, -0.25) is 20.2 Å². The number of rotatable bonds is 4. The molecule has 0 spiro atoms. The molecule has 0 aliphatic carbocycles. The molecule has 116 valence electrons. The molecule has 0 saturated heterocycles. The molecule has 0 bridgehead atoms. The van der Waals surface area contributed by atoms with Crippen molar-refractivity contribution in [2.24, 2.45) is 9.98 Å². The van der Waals surface area contributed by atoms with E-state index in [1.807, 2.05) is 0 Å². The molecule has 0 aliphatic heterocycles. The monoisotopic (exact) mass is 312 g/mol. The maximum atomic E-state index is 10.8. The molecule has 0 saturated carbocycles. The second-order valence-electron chi connectivity index (χ2n) is 4.78. The van der Waals surface area contributed by atoms with E-state index in [0.717, 1.165) is 11.1 Å². The van der Waals surface area contributed by atoms with E-state index in [1.54, 1.807) is 26.0 Å². The zero-order chi connectivity index (χ0) is 17.0. The molecule has 2 aromatic carbocycles. The van der Waals surface area contributed by atoms with Crippen LogP contribution in [0.15, 0.2) is 46.4 Å². The molecule has 0 fully saturated rings. The Balaban J connectivity index is 2.38. The zero-order valence-corrected chi connectivity index (χ0v) is 12.4. The van der Waals surface area contributed by atoms with Gasteiger partial charge in [0.2, 0.25) is 0 Å². The molecule has 2 aromatic rings. The van der Waals surface area contributed by atoms with Crippen molar-refractivity contribution < 1.29 is 9.85 Å². The summed E-state index contributed by atoms with van der Waals surface area (Å²) in [5, 5.41) is 21.5. The van der Waals surface area contributed by atoms with Gasteiger partial charge in [0.25, 0.3) is 11.4 Å². The Kier molecular flexibility index (Phi) is 4.58. The molecule has 8 heteroatoms. The second-order valence-corrected chi connectivity index (χ2v) is 4.78. The van der Waals surface area contributed by atoms with Gasteiger partial charge >= 0.3 is 0 Å². The fraction of sp³-hybridized carbons (Fsp3) is 0.133. The van der Waals surface area contributed by atoms with Crippen molar-refractivity contribution in [1.29, 1.82) is 0 Å². The molecule has 0 N–H and O–H groups in total. The largest absolute Gasteiger partial charge is 0.271 e. The third-order valence-corrected chi connectivity index (χ3v) is 3.15. The molecular formula is C15H12N4O4. The molecule has 0 amide bonds. The van der Waals surface area contributed by atoms with Gasteiger partial charge in [-0.2, -0.15) is 9.98 Å². The quantitative estimate of drug-likeness (QED) is 0.477. The number of nitro groups is 2. The van der Waals surface area contributed by atoms with Crippen molar-refractivity contribution in [3.05, 3.63) is 67.8 Å². The van der Waals surface area contributed by atoms with Crippen LogP contribution in [0.4, 0.5) is 22.7 Å². The van der Waals surface area contributed by atoms with Crippen LogP contribution in [0.25, 0.3) is 0 Å². The summed E-state index contributed by atoms with van der Waals surface area (Å²) in [5.41, 5.74) is 2.03. The topological polar surface area (TPSA) is 111 Å². The van der Waals surface area contributed by atoms with Crippen LogP contribution in [0.2, 0.25) is 0 Å². The Labute approximate surface area is 131 Å². The van der Waals surface area contributed by atoms with Gasteiger partial charge in [-0.15, -0.1) is 0 Å². The summed E-state index contributed by atoms with van der Waals surface area (Å²) in [6.07, 6.45) is 0. The predicted octanol–water partition coefficient (Wildman–Crippen LogP) is 4.26. The highest BCUT2D eigenvalue weighted by Crippen LogP contribution is 2.25. The first kappa shape index (κ1) is 16.0. The number of aliphatic imine (C=N–C) groups is 2. The van der Waals surface area contributed by atoms with Crippen molar-refractivity contribution >= 4 is 28.8 Å². The standard InChI is InChI=1S/C15H12N4O4/c1-10-3-5-12(18(20)21)7-14(10)16-9-17-15-8-13(19(22)23)6-4-11(15)2/h3-8H,1-2H3. The van der Waals surface area contributed by atoms with E-state index in [9.17, 15) is 20.2 Å². The minimum atomic E-state index is -0.514. The normalized spacial score (nSPS) is 9.83. The number of hydrogen-bond donors (Lipinski definition) is 0. The highest BCUT2D eigenvalue weighted by atomic mass is 16.6. The van der Waals surface area contributed by atoms with Crippen LogP contribution in [0, 0.1) is 34.1 Å². The zero-order valence-electron chi connectivity index (χ0n) is 12.4. The van der Waals surface area contributed by atoms with E-state index in [1.165, 1.54) is 24.3 Å². The number of nitrogens with zero attached hydrogens (tertiary/aromatic N) is 4. The molecule has 0 unspecified atom stereocenters. The van der Waals surface area contributed by atoms with Crippen LogP contribution < -0.4 is 0 Å². The Hall–Kier alpha value is -3.38. The second kappa shape index (κ2) is 6.59. The summed E-state index contributed by atoms with van der Waals surface area (Å²) < 4.78 is 0. The van der Waals surface area contributed by atoms with Gasteiger partial charge in [-0.25, -0.2) is 0 Å². The van der Waals surface area contributed by atoms with Crippen molar-refractivity contribution in [3.63, 3.8) is 0 Å². The summed E-state index contributed by atoms with van der Waals surface area (Å²) in [6, 6.07) is 11.0. The van der Waals surface area contributed by atoms with Crippen LogP contribution in [0.3, 0.4) is 0 Å². The van der Waals surface area contributed by atoms with Gasteiger partial charge < -0.3 is 0 Å². The van der Waals surface area contributed by atoms with Crippen molar-refractivity contribution in [2.75, 3.05) is 0 Å². The van der Waals surface area contributed by atoms with Gasteiger partial charge in [0.15, 0.2) is 0 Å². The highest BCUT2D eigenvalue weighted by Gasteiger charge is 2.08. The average Bonchev–Trinajstić information content (AvgIpc) is 2.50. The molecule has 0 aromatic heterocycles. The first-order chi connectivity index (χ1) is 10.9. The Morgan fingerprint density at radius 1 is 0.826 bits per heavy atom. The van der Waals surface area contributed by atoms with Crippen LogP contribution in [-0.2, 0) is 0 Å². The van der Waals surface area contributed by atoms with E-state index in [-0.39, 0.29) is 11.4 Å². The molecule has 0 heterocycles. The molecule has 0 atom stereocenters. The Bertz CT molecular complexity index is 787.